The van der Waals surface area contributed by atoms with E-state index < -0.39 is 0 Å². The van der Waals surface area contributed by atoms with Gasteiger partial charge >= 0.3 is 0 Å². The van der Waals surface area contributed by atoms with Crippen molar-refractivity contribution < 1.29 is 0 Å². The van der Waals surface area contributed by atoms with Crippen LogP contribution in [0.5, 0.6) is 0 Å². The first-order valence-electron chi connectivity index (χ1n) is 9.74. The minimum absolute atomic E-state index is 0.635. The highest BCUT2D eigenvalue weighted by atomic mass is 15.3. The van der Waals surface area contributed by atoms with Crippen LogP contribution < -0.4 is 10.2 Å². The highest BCUT2D eigenvalue weighted by Gasteiger charge is 2.37. The smallest absolute Gasteiger partial charge is 0.0880 e. The van der Waals surface area contributed by atoms with Crippen LogP contribution in [0.25, 0.3) is 0 Å². The molecule has 0 amide bonds. The lowest BCUT2D eigenvalue weighted by molar-refractivity contribution is 0.0942. The summed E-state index contributed by atoms with van der Waals surface area (Å²) in [6, 6.07) is 19.7. The van der Waals surface area contributed by atoms with Gasteiger partial charge in [0.2, 0.25) is 0 Å². The fraction of sp³-hybridized carbons (Fsp3) is 0.455. The molecule has 5 rings (SSSR count). The van der Waals surface area contributed by atoms with Crippen molar-refractivity contribution in [2.45, 2.75) is 50.7 Å². The van der Waals surface area contributed by atoms with Gasteiger partial charge in [-0.15, -0.1) is 0 Å². The number of hydrogen-bond acceptors (Lipinski definition) is 3. The summed E-state index contributed by atoms with van der Waals surface area (Å²) < 4.78 is 0. The van der Waals surface area contributed by atoms with Gasteiger partial charge in [0.25, 0.3) is 0 Å². The van der Waals surface area contributed by atoms with Crippen molar-refractivity contribution in [3.05, 3.63) is 59.7 Å². The van der Waals surface area contributed by atoms with E-state index in [2.05, 4.69) is 70.6 Å². The van der Waals surface area contributed by atoms with Crippen LogP contribution in [0, 0.1) is 0 Å². The molecular weight excluding hydrogens is 306 g/mol. The lowest BCUT2D eigenvalue weighted by atomic mass is 9.93. The maximum atomic E-state index is 3.55. The minimum Gasteiger partial charge on any atom is -0.366 e. The van der Waals surface area contributed by atoms with Crippen molar-refractivity contribution in [1.82, 2.24) is 4.90 Å². The number of fused-ring (bicyclic) bond motifs is 2. The number of likely N-dealkylation sites (tertiary alicyclic amines) is 1. The molecule has 130 valence electrons. The van der Waals surface area contributed by atoms with Gasteiger partial charge in [-0.1, -0.05) is 36.4 Å². The first-order chi connectivity index (χ1) is 12.3. The zero-order valence-electron chi connectivity index (χ0n) is 15.0. The number of nitrogens with zero attached hydrogens (tertiary/aromatic N) is 2. The monoisotopic (exact) mass is 333 g/mol. The normalized spacial score (nSPS) is 28.5. The van der Waals surface area contributed by atoms with Crippen LogP contribution in [0.1, 0.15) is 43.4 Å². The first kappa shape index (κ1) is 15.3. The molecule has 2 aromatic rings. The van der Waals surface area contributed by atoms with Crippen LogP contribution in [0.2, 0.25) is 0 Å². The van der Waals surface area contributed by atoms with Gasteiger partial charge in [-0.3, -0.25) is 4.90 Å². The Balaban J connectivity index is 1.32. The third-order valence-corrected chi connectivity index (χ3v) is 6.50. The molecule has 2 aromatic carbocycles. The molecule has 1 aliphatic carbocycles. The van der Waals surface area contributed by atoms with Gasteiger partial charge in [0, 0.05) is 24.7 Å². The number of nitrogens with one attached hydrogen (secondary N) is 1. The van der Waals surface area contributed by atoms with Crippen LogP contribution >= 0.6 is 0 Å². The van der Waals surface area contributed by atoms with Crippen molar-refractivity contribution >= 4 is 11.4 Å². The standard InChI is InChI=1S/C22H27N3/c1-16-14-18(25-15-23-20-8-4-5-9-22(20)25)12-13-24(16)21-11-10-17-6-2-3-7-19(17)21/h2-9,16,18,21,23H,10-15H2,1H3. The number of piperidine rings is 1. The molecule has 3 atom stereocenters. The molecule has 1 saturated heterocycles. The Morgan fingerprint density at radius 2 is 1.84 bits per heavy atom. The fourth-order valence-corrected chi connectivity index (χ4v) is 5.25. The first-order valence-corrected chi connectivity index (χ1v) is 9.74. The lowest BCUT2D eigenvalue weighted by Crippen LogP contribution is -2.49. The van der Waals surface area contributed by atoms with Crippen molar-refractivity contribution in [3.63, 3.8) is 0 Å². The molecule has 1 N–H and O–H groups in total. The van der Waals surface area contributed by atoms with E-state index in [9.17, 15) is 0 Å². The second-order valence-electron chi connectivity index (χ2n) is 7.84. The molecule has 3 aliphatic rings. The molecule has 3 unspecified atom stereocenters. The summed E-state index contributed by atoms with van der Waals surface area (Å²) in [6.07, 6.45) is 5.06. The van der Waals surface area contributed by atoms with Gasteiger partial charge in [0.1, 0.15) is 0 Å². The number of benzene rings is 2. The summed E-state index contributed by atoms with van der Waals surface area (Å²) in [5, 5.41) is 3.55. The van der Waals surface area contributed by atoms with E-state index in [0.29, 0.717) is 18.1 Å². The third kappa shape index (κ3) is 2.53. The van der Waals surface area contributed by atoms with Crippen LogP contribution in [0.3, 0.4) is 0 Å². The number of aryl methyl sites for hydroxylation is 1. The summed E-state index contributed by atoms with van der Waals surface area (Å²) in [6.45, 7) is 4.61. The highest BCUT2D eigenvalue weighted by Crippen LogP contribution is 2.41. The average Bonchev–Trinajstić information content (AvgIpc) is 3.26. The molecule has 2 heterocycles. The lowest BCUT2D eigenvalue weighted by Gasteiger charge is -2.44. The molecule has 1 fully saturated rings. The van der Waals surface area contributed by atoms with Crippen LogP contribution in [0.4, 0.5) is 11.4 Å². The Labute approximate surface area is 150 Å². The predicted molar refractivity (Wildman–Crippen MR) is 104 cm³/mol. The predicted octanol–water partition coefficient (Wildman–Crippen LogP) is 4.42. The molecule has 0 radical (unpaired) electrons. The van der Waals surface area contributed by atoms with Gasteiger partial charge in [-0.05, 0) is 55.9 Å². The van der Waals surface area contributed by atoms with Crippen molar-refractivity contribution in [3.8, 4) is 0 Å². The fourth-order valence-electron chi connectivity index (χ4n) is 5.25. The van der Waals surface area contributed by atoms with E-state index in [1.165, 1.54) is 43.6 Å². The molecule has 25 heavy (non-hydrogen) atoms. The Hall–Kier alpha value is -2.00. The maximum absolute atomic E-state index is 3.55. The SMILES string of the molecule is CC1CC(N2CNc3ccccc32)CCN1C1CCc2ccccc21. The van der Waals surface area contributed by atoms with E-state index in [1.807, 2.05) is 0 Å². The van der Waals surface area contributed by atoms with Crippen molar-refractivity contribution in [2.75, 3.05) is 23.4 Å². The zero-order valence-corrected chi connectivity index (χ0v) is 15.0. The minimum atomic E-state index is 0.635. The number of anilines is 2. The number of rotatable bonds is 2. The second-order valence-corrected chi connectivity index (χ2v) is 7.84. The summed E-state index contributed by atoms with van der Waals surface area (Å²) >= 11 is 0. The van der Waals surface area contributed by atoms with Gasteiger partial charge in [0.05, 0.1) is 18.0 Å². The summed E-state index contributed by atoms with van der Waals surface area (Å²) in [4.78, 5) is 5.36. The van der Waals surface area contributed by atoms with Gasteiger partial charge in [-0.2, -0.15) is 0 Å². The second kappa shape index (κ2) is 6.06. The average molecular weight is 333 g/mol. The summed E-state index contributed by atoms with van der Waals surface area (Å²) in [5.41, 5.74) is 5.84. The third-order valence-electron chi connectivity index (χ3n) is 6.50. The van der Waals surface area contributed by atoms with Gasteiger partial charge in [0.15, 0.2) is 0 Å². The van der Waals surface area contributed by atoms with Crippen LogP contribution in [0.15, 0.2) is 48.5 Å². The van der Waals surface area contributed by atoms with Crippen LogP contribution in [-0.4, -0.2) is 30.2 Å². The topological polar surface area (TPSA) is 18.5 Å². The summed E-state index contributed by atoms with van der Waals surface area (Å²) in [7, 11) is 0. The summed E-state index contributed by atoms with van der Waals surface area (Å²) in [5.74, 6) is 0. The Morgan fingerprint density at radius 1 is 1.00 bits per heavy atom. The quantitative estimate of drug-likeness (QED) is 0.878. The van der Waals surface area contributed by atoms with Gasteiger partial charge < -0.3 is 10.2 Å². The van der Waals surface area contributed by atoms with Crippen molar-refractivity contribution in [2.24, 2.45) is 0 Å². The molecule has 2 aliphatic heterocycles. The number of para-hydroxylation sites is 2. The molecule has 3 heteroatoms. The van der Waals surface area contributed by atoms with E-state index in [1.54, 1.807) is 11.1 Å². The Morgan fingerprint density at radius 3 is 2.76 bits per heavy atom. The highest BCUT2D eigenvalue weighted by molar-refractivity contribution is 5.75. The van der Waals surface area contributed by atoms with E-state index in [0.717, 1.165) is 6.67 Å². The van der Waals surface area contributed by atoms with E-state index in [4.69, 9.17) is 0 Å². The van der Waals surface area contributed by atoms with Crippen LogP contribution in [-0.2, 0) is 6.42 Å². The molecule has 0 saturated carbocycles. The molecule has 0 bridgehead atoms. The van der Waals surface area contributed by atoms with Gasteiger partial charge in [-0.25, -0.2) is 0 Å². The molecule has 0 aromatic heterocycles. The van der Waals surface area contributed by atoms with E-state index >= 15 is 0 Å². The molecule has 0 spiro atoms. The largest absolute Gasteiger partial charge is 0.366 e. The van der Waals surface area contributed by atoms with E-state index in [-0.39, 0.29) is 0 Å². The Kier molecular flexibility index (Phi) is 3.70. The number of hydrogen-bond donors (Lipinski definition) is 1. The molecule has 3 nitrogen and oxygen atoms in total. The van der Waals surface area contributed by atoms with Crippen molar-refractivity contribution in [1.29, 1.82) is 0 Å². The maximum Gasteiger partial charge on any atom is 0.0880 e. The molecular formula is C22H27N3. The Bertz CT molecular complexity index is 771. The zero-order chi connectivity index (χ0) is 16.8.